The van der Waals surface area contributed by atoms with Crippen molar-refractivity contribution in [2.24, 2.45) is 11.8 Å². The molecule has 1 heterocycles. The molecule has 0 aromatic heterocycles. The lowest BCUT2D eigenvalue weighted by atomic mass is 9.89. The van der Waals surface area contributed by atoms with Crippen molar-refractivity contribution in [2.45, 2.75) is 69.4 Å². The van der Waals surface area contributed by atoms with Crippen LogP contribution in [0.1, 0.15) is 43.0 Å². The number of aliphatic carboxylic acids is 1. The first-order valence-electron chi connectivity index (χ1n) is 12.1. The fourth-order valence-corrected chi connectivity index (χ4v) is 4.57. The Morgan fingerprint density at radius 2 is 1.76 bits per heavy atom. The molecule has 0 amide bonds. The summed E-state index contributed by atoms with van der Waals surface area (Å²) < 4.78 is 16.2. The number of phenols is 3. The standard InChI is InChI=1S/C25H32O13/c1-11(3-2-4-14-12(9-19(29)30)5-6-15(14)26)37-25-23(34)22(33)21(32)18(38-25)10-36-24(35)13-7-16(27)20(31)17(28)8-13/h2-3,7-8,11-12,14,18,21-23,25,27-28,31-34H,4-6,9-10H2,1H3,(H,29,30)/b3-2-/t11-,12?,14?,18-,21-,22+,23-,25-/m1/s1. The van der Waals surface area contributed by atoms with Gasteiger partial charge in [-0.2, -0.15) is 0 Å². The van der Waals surface area contributed by atoms with Crippen molar-refractivity contribution < 1.29 is 64.3 Å². The number of benzene rings is 1. The minimum atomic E-state index is -1.71. The van der Waals surface area contributed by atoms with Gasteiger partial charge in [0.1, 0.15) is 36.8 Å². The number of aliphatic hydroxyl groups is 3. The maximum atomic E-state index is 12.3. The number of ketones is 1. The molecular weight excluding hydrogens is 508 g/mol. The minimum Gasteiger partial charge on any atom is -0.504 e. The maximum Gasteiger partial charge on any atom is 0.338 e. The third-order valence-corrected chi connectivity index (χ3v) is 6.68. The largest absolute Gasteiger partial charge is 0.504 e. The number of Topliss-reactive ketones (excluding diaryl/α,β-unsaturated/α-hetero) is 1. The van der Waals surface area contributed by atoms with E-state index in [4.69, 9.17) is 19.3 Å². The van der Waals surface area contributed by atoms with Gasteiger partial charge in [-0.1, -0.05) is 12.2 Å². The van der Waals surface area contributed by atoms with E-state index in [9.17, 15) is 45.0 Å². The van der Waals surface area contributed by atoms with Crippen LogP contribution in [0.15, 0.2) is 24.3 Å². The van der Waals surface area contributed by atoms with E-state index in [2.05, 4.69) is 0 Å². The lowest BCUT2D eigenvalue weighted by Crippen LogP contribution is -2.59. The monoisotopic (exact) mass is 540 g/mol. The summed E-state index contributed by atoms with van der Waals surface area (Å²) in [5.41, 5.74) is -0.304. The number of phenolic OH excluding ortho intramolecular Hbond substituents is 3. The molecule has 1 saturated heterocycles. The van der Waals surface area contributed by atoms with Crippen LogP contribution in [0, 0.1) is 11.8 Å². The van der Waals surface area contributed by atoms with Gasteiger partial charge in [-0.25, -0.2) is 4.79 Å². The van der Waals surface area contributed by atoms with Gasteiger partial charge in [-0.3, -0.25) is 9.59 Å². The smallest absolute Gasteiger partial charge is 0.338 e. The minimum absolute atomic E-state index is 0.00716. The summed E-state index contributed by atoms with van der Waals surface area (Å²) in [6.45, 7) is 1.01. The summed E-state index contributed by atoms with van der Waals surface area (Å²) in [6, 6.07) is 1.72. The van der Waals surface area contributed by atoms with Crippen LogP contribution in [0.3, 0.4) is 0 Å². The Balaban J connectivity index is 1.56. The lowest BCUT2D eigenvalue weighted by Gasteiger charge is -2.40. The highest BCUT2D eigenvalue weighted by molar-refractivity contribution is 5.91. The van der Waals surface area contributed by atoms with E-state index in [1.807, 2.05) is 0 Å². The molecule has 13 nitrogen and oxygen atoms in total. The van der Waals surface area contributed by atoms with Crippen molar-refractivity contribution in [3.63, 3.8) is 0 Å². The molecule has 2 fully saturated rings. The summed E-state index contributed by atoms with van der Waals surface area (Å²) >= 11 is 0. The van der Waals surface area contributed by atoms with Crippen LogP contribution in [0.2, 0.25) is 0 Å². The van der Waals surface area contributed by atoms with Gasteiger partial charge in [0.15, 0.2) is 23.5 Å². The van der Waals surface area contributed by atoms with E-state index in [0.29, 0.717) is 19.3 Å². The van der Waals surface area contributed by atoms with E-state index < -0.39 is 78.5 Å². The zero-order valence-electron chi connectivity index (χ0n) is 20.5. The van der Waals surface area contributed by atoms with Crippen LogP contribution in [0.25, 0.3) is 0 Å². The highest BCUT2D eigenvalue weighted by Crippen LogP contribution is 2.36. The normalized spacial score (nSPS) is 30.4. The van der Waals surface area contributed by atoms with Crippen molar-refractivity contribution in [3.8, 4) is 17.2 Å². The Bertz CT molecular complexity index is 1030. The molecule has 38 heavy (non-hydrogen) atoms. The van der Waals surface area contributed by atoms with Gasteiger partial charge >= 0.3 is 11.9 Å². The number of aromatic hydroxyl groups is 3. The second kappa shape index (κ2) is 12.5. The van der Waals surface area contributed by atoms with Crippen LogP contribution >= 0.6 is 0 Å². The maximum absolute atomic E-state index is 12.3. The number of aliphatic hydroxyl groups excluding tert-OH is 3. The van der Waals surface area contributed by atoms with Crippen molar-refractivity contribution in [3.05, 3.63) is 29.8 Å². The zero-order chi connectivity index (χ0) is 28.1. The second-order valence-electron chi connectivity index (χ2n) is 9.45. The number of carboxylic acids is 1. The topological polar surface area (TPSA) is 221 Å². The number of hydrogen-bond donors (Lipinski definition) is 7. The number of carbonyl (C=O) groups is 3. The first-order chi connectivity index (χ1) is 17.9. The summed E-state index contributed by atoms with van der Waals surface area (Å²) in [7, 11) is 0. The zero-order valence-corrected chi connectivity index (χ0v) is 20.5. The highest BCUT2D eigenvalue weighted by atomic mass is 16.7. The summed E-state index contributed by atoms with van der Waals surface area (Å²) in [5, 5.41) is 68.3. The van der Waals surface area contributed by atoms with Gasteiger partial charge in [0.05, 0.1) is 11.7 Å². The van der Waals surface area contributed by atoms with Crippen LogP contribution in [-0.2, 0) is 23.8 Å². The average Bonchev–Trinajstić information content (AvgIpc) is 3.19. The molecule has 2 unspecified atom stereocenters. The Labute approximate surface area is 217 Å². The Morgan fingerprint density at radius 1 is 1.11 bits per heavy atom. The van der Waals surface area contributed by atoms with Crippen molar-refractivity contribution >= 4 is 17.7 Å². The van der Waals surface area contributed by atoms with Gasteiger partial charge in [0, 0.05) is 18.8 Å². The molecule has 210 valence electrons. The fraction of sp³-hybridized carbons (Fsp3) is 0.560. The van der Waals surface area contributed by atoms with Crippen LogP contribution < -0.4 is 0 Å². The van der Waals surface area contributed by atoms with Gasteiger partial charge in [-0.15, -0.1) is 0 Å². The SMILES string of the molecule is C[C@H](/C=C\CC1C(=O)CCC1CC(=O)O)O[C@@H]1O[C@H](COC(=O)c2cc(O)c(O)c(O)c2)[C@@H](O)[C@H](O)[C@H]1O. The van der Waals surface area contributed by atoms with E-state index in [1.54, 1.807) is 19.1 Å². The van der Waals surface area contributed by atoms with Crippen molar-refractivity contribution in [1.82, 2.24) is 0 Å². The molecule has 3 rings (SSSR count). The van der Waals surface area contributed by atoms with E-state index in [1.165, 1.54) is 0 Å². The predicted molar refractivity (Wildman–Crippen MR) is 126 cm³/mol. The number of rotatable bonds is 10. The van der Waals surface area contributed by atoms with E-state index in [-0.39, 0.29) is 23.7 Å². The Kier molecular flexibility index (Phi) is 9.68. The molecule has 0 radical (unpaired) electrons. The number of carbonyl (C=O) groups excluding carboxylic acids is 2. The van der Waals surface area contributed by atoms with E-state index in [0.717, 1.165) is 12.1 Å². The molecule has 1 aliphatic carbocycles. The molecule has 13 heteroatoms. The second-order valence-corrected chi connectivity index (χ2v) is 9.45. The van der Waals surface area contributed by atoms with Crippen molar-refractivity contribution in [2.75, 3.05) is 6.61 Å². The van der Waals surface area contributed by atoms with Gasteiger partial charge in [0.2, 0.25) is 0 Å². The molecule has 7 N–H and O–H groups in total. The third-order valence-electron chi connectivity index (χ3n) is 6.68. The molecule has 1 aromatic carbocycles. The fourth-order valence-electron chi connectivity index (χ4n) is 4.57. The predicted octanol–water partition coefficient (Wildman–Crippen LogP) is 0.189. The van der Waals surface area contributed by atoms with Crippen LogP contribution in [0.4, 0.5) is 0 Å². The first-order valence-corrected chi connectivity index (χ1v) is 12.1. The molecule has 8 atom stereocenters. The number of ether oxygens (including phenoxy) is 3. The van der Waals surface area contributed by atoms with Gasteiger partial charge in [0.25, 0.3) is 0 Å². The van der Waals surface area contributed by atoms with Gasteiger partial charge < -0.3 is 50.0 Å². The van der Waals surface area contributed by atoms with Gasteiger partial charge in [-0.05, 0) is 37.8 Å². The number of allylic oxidation sites excluding steroid dienone is 1. The number of carboxylic acid groups (broad SMARTS) is 1. The number of esters is 1. The third kappa shape index (κ3) is 6.99. The summed E-state index contributed by atoms with van der Waals surface area (Å²) in [6.07, 6.45) is -4.05. The molecular formula is C25H32O13. The average molecular weight is 541 g/mol. The first kappa shape index (κ1) is 29.3. The molecule has 1 aromatic rings. The lowest BCUT2D eigenvalue weighted by molar-refractivity contribution is -0.306. The Hall–Kier alpha value is -3.23. The highest BCUT2D eigenvalue weighted by Gasteiger charge is 2.45. The summed E-state index contributed by atoms with van der Waals surface area (Å²) in [5.74, 6) is -4.96. The summed E-state index contributed by atoms with van der Waals surface area (Å²) in [4.78, 5) is 35.4. The van der Waals surface area contributed by atoms with Crippen LogP contribution in [-0.4, -0.2) is 96.9 Å². The molecule has 1 aliphatic heterocycles. The Morgan fingerprint density at radius 3 is 2.39 bits per heavy atom. The molecule has 0 bridgehead atoms. The molecule has 2 aliphatic rings. The molecule has 1 saturated carbocycles. The number of hydrogen-bond acceptors (Lipinski definition) is 12. The van der Waals surface area contributed by atoms with Crippen LogP contribution in [0.5, 0.6) is 17.2 Å². The molecule has 0 spiro atoms. The van der Waals surface area contributed by atoms with E-state index >= 15 is 0 Å². The quantitative estimate of drug-likeness (QED) is 0.120. The van der Waals surface area contributed by atoms with Crippen molar-refractivity contribution in [1.29, 1.82) is 0 Å².